The van der Waals surface area contributed by atoms with Gasteiger partial charge in [0.2, 0.25) is 5.88 Å². The van der Waals surface area contributed by atoms with Crippen molar-refractivity contribution >= 4 is 22.8 Å². The number of hydrogen-bond donors (Lipinski definition) is 3. The molecular formula is C18H20FN5O2. The van der Waals surface area contributed by atoms with Crippen molar-refractivity contribution in [2.24, 2.45) is 0 Å². The Morgan fingerprint density at radius 2 is 1.96 bits per heavy atom. The van der Waals surface area contributed by atoms with E-state index in [2.05, 4.69) is 25.8 Å². The van der Waals surface area contributed by atoms with Crippen LogP contribution in [0.5, 0.6) is 5.88 Å². The van der Waals surface area contributed by atoms with Crippen LogP contribution in [-0.4, -0.2) is 27.3 Å². The molecule has 26 heavy (non-hydrogen) atoms. The highest BCUT2D eigenvalue weighted by molar-refractivity contribution is 5.92. The van der Waals surface area contributed by atoms with E-state index in [0.717, 1.165) is 10.9 Å². The largest absolute Gasteiger partial charge is 0.473 e. The van der Waals surface area contributed by atoms with Gasteiger partial charge in [-0.15, -0.1) is 5.10 Å². The lowest BCUT2D eigenvalue weighted by Crippen LogP contribution is -2.31. The third-order valence-corrected chi connectivity index (χ3v) is 3.72. The van der Waals surface area contributed by atoms with Crippen LogP contribution in [0.4, 0.5) is 15.0 Å². The molecule has 0 aliphatic carbocycles. The van der Waals surface area contributed by atoms with Gasteiger partial charge in [-0.1, -0.05) is 12.1 Å². The Morgan fingerprint density at radius 1 is 1.23 bits per heavy atom. The summed E-state index contributed by atoms with van der Waals surface area (Å²) in [5.74, 6) is 0.535. The lowest BCUT2D eigenvalue weighted by Gasteiger charge is -2.14. The molecule has 0 saturated heterocycles. The molecule has 0 unspecified atom stereocenters. The van der Waals surface area contributed by atoms with Crippen LogP contribution in [0.25, 0.3) is 10.9 Å². The second-order valence-electron chi connectivity index (χ2n) is 6.18. The fourth-order valence-electron chi connectivity index (χ4n) is 2.45. The molecule has 1 aromatic carbocycles. The van der Waals surface area contributed by atoms with Crippen molar-refractivity contribution in [1.29, 1.82) is 0 Å². The minimum Gasteiger partial charge on any atom is -0.473 e. The van der Waals surface area contributed by atoms with E-state index in [1.165, 1.54) is 12.1 Å². The maximum atomic E-state index is 13.0. The summed E-state index contributed by atoms with van der Waals surface area (Å²) >= 11 is 0. The highest BCUT2D eigenvalue weighted by Crippen LogP contribution is 2.24. The van der Waals surface area contributed by atoms with Gasteiger partial charge in [0.25, 0.3) is 0 Å². The lowest BCUT2D eigenvalue weighted by atomic mass is 10.1. The zero-order chi connectivity index (χ0) is 18.7. The molecule has 8 heteroatoms. The highest BCUT2D eigenvalue weighted by Gasteiger charge is 2.13. The van der Waals surface area contributed by atoms with Crippen LogP contribution < -0.4 is 15.4 Å². The maximum Gasteiger partial charge on any atom is 0.320 e. The first kappa shape index (κ1) is 17.7. The Kier molecular flexibility index (Phi) is 5.01. The van der Waals surface area contributed by atoms with Crippen LogP contribution in [0.3, 0.4) is 0 Å². The van der Waals surface area contributed by atoms with Crippen LogP contribution in [0.15, 0.2) is 36.5 Å². The van der Waals surface area contributed by atoms with Crippen molar-refractivity contribution < 1.29 is 13.9 Å². The van der Waals surface area contributed by atoms with E-state index < -0.39 is 6.03 Å². The van der Waals surface area contributed by atoms with Crippen molar-refractivity contribution in [1.82, 2.24) is 20.5 Å². The number of fused-ring (bicyclic) bond motifs is 1. The molecule has 7 nitrogen and oxygen atoms in total. The average molecular weight is 357 g/mol. The number of hydrogen-bond acceptors (Lipinski definition) is 4. The van der Waals surface area contributed by atoms with Crippen molar-refractivity contribution in [3.05, 3.63) is 47.9 Å². The predicted molar refractivity (Wildman–Crippen MR) is 96.6 cm³/mol. The number of aromatic nitrogens is 3. The van der Waals surface area contributed by atoms with Crippen LogP contribution in [-0.2, 0) is 0 Å². The minimum atomic E-state index is -0.410. The van der Waals surface area contributed by atoms with Crippen molar-refractivity contribution in [3.8, 4) is 5.88 Å². The quantitative estimate of drug-likeness (QED) is 0.648. The van der Waals surface area contributed by atoms with E-state index in [1.54, 1.807) is 24.4 Å². The number of ether oxygens (including phenoxy) is 1. The van der Waals surface area contributed by atoms with Crippen LogP contribution >= 0.6 is 0 Å². The molecule has 0 bridgehead atoms. The molecule has 3 rings (SSSR count). The zero-order valence-corrected chi connectivity index (χ0v) is 14.7. The fourth-order valence-corrected chi connectivity index (χ4v) is 2.45. The van der Waals surface area contributed by atoms with Gasteiger partial charge in [-0.05, 0) is 38.5 Å². The molecule has 0 radical (unpaired) electrons. The number of rotatable bonds is 5. The van der Waals surface area contributed by atoms with Crippen LogP contribution in [0, 0.1) is 5.82 Å². The van der Waals surface area contributed by atoms with Gasteiger partial charge < -0.3 is 10.1 Å². The molecule has 2 amide bonds. The molecule has 0 fully saturated rings. The lowest BCUT2D eigenvalue weighted by molar-refractivity contribution is 0.235. The van der Waals surface area contributed by atoms with E-state index in [0.29, 0.717) is 17.2 Å². The molecule has 0 saturated carbocycles. The summed E-state index contributed by atoms with van der Waals surface area (Å²) < 4.78 is 18.6. The maximum absolute atomic E-state index is 13.0. The van der Waals surface area contributed by atoms with E-state index in [9.17, 15) is 9.18 Å². The third kappa shape index (κ3) is 4.08. The van der Waals surface area contributed by atoms with E-state index >= 15 is 0 Å². The van der Waals surface area contributed by atoms with Crippen molar-refractivity contribution in [2.45, 2.75) is 32.9 Å². The van der Waals surface area contributed by atoms with Gasteiger partial charge in [0, 0.05) is 12.3 Å². The summed E-state index contributed by atoms with van der Waals surface area (Å²) in [5.41, 5.74) is 1.51. The molecule has 2 heterocycles. The average Bonchev–Trinajstić information content (AvgIpc) is 2.96. The number of halogens is 1. The Bertz CT molecular complexity index is 908. The van der Waals surface area contributed by atoms with Crippen molar-refractivity contribution in [3.63, 3.8) is 0 Å². The first-order valence-corrected chi connectivity index (χ1v) is 8.26. The number of pyridine rings is 1. The van der Waals surface area contributed by atoms with Crippen LogP contribution in [0.1, 0.15) is 32.4 Å². The summed E-state index contributed by atoms with van der Waals surface area (Å²) in [4.78, 5) is 16.4. The summed E-state index contributed by atoms with van der Waals surface area (Å²) in [7, 11) is 0. The summed E-state index contributed by atoms with van der Waals surface area (Å²) in [6, 6.07) is 6.96. The molecule has 1 atom stereocenters. The van der Waals surface area contributed by atoms with Gasteiger partial charge in [0.05, 0.1) is 23.0 Å². The second kappa shape index (κ2) is 7.38. The van der Waals surface area contributed by atoms with Gasteiger partial charge in [-0.3, -0.25) is 10.4 Å². The summed E-state index contributed by atoms with van der Waals surface area (Å²) in [6.45, 7) is 5.64. The Balaban J connectivity index is 1.66. The number of aromatic amines is 1. The normalized spacial score (nSPS) is 12.2. The van der Waals surface area contributed by atoms with Gasteiger partial charge in [0.15, 0.2) is 0 Å². The molecule has 0 spiro atoms. The van der Waals surface area contributed by atoms with Gasteiger partial charge in [-0.2, -0.15) is 0 Å². The number of carbonyl (C=O) groups is 1. The fraction of sp³-hybridized carbons (Fsp3) is 0.278. The number of anilines is 1. The number of H-pyrrole nitrogens is 1. The first-order chi connectivity index (χ1) is 12.4. The Hall–Kier alpha value is -3.16. The topological polar surface area (TPSA) is 91.9 Å². The SMILES string of the molecule is CC(C)Oc1n[nH]c2cc(NC(=O)N[C@H](C)c3ccc(F)cc3)ncc12. The molecular weight excluding hydrogens is 337 g/mol. The molecule has 136 valence electrons. The Morgan fingerprint density at radius 3 is 2.65 bits per heavy atom. The van der Waals surface area contributed by atoms with Crippen LogP contribution in [0.2, 0.25) is 0 Å². The second-order valence-corrected chi connectivity index (χ2v) is 6.18. The smallest absolute Gasteiger partial charge is 0.320 e. The first-order valence-electron chi connectivity index (χ1n) is 8.26. The number of benzene rings is 1. The van der Waals surface area contributed by atoms with Gasteiger partial charge in [-0.25, -0.2) is 14.2 Å². The predicted octanol–water partition coefficient (Wildman–Crippen LogP) is 3.77. The van der Waals surface area contributed by atoms with Crippen molar-refractivity contribution in [2.75, 3.05) is 5.32 Å². The molecule has 2 aromatic heterocycles. The Labute approximate surface area is 150 Å². The molecule has 0 aliphatic rings. The number of amides is 2. The monoisotopic (exact) mass is 357 g/mol. The van der Waals surface area contributed by atoms with Gasteiger partial charge in [0.1, 0.15) is 11.6 Å². The minimum absolute atomic E-state index is 0.00183. The van der Waals surface area contributed by atoms with E-state index in [4.69, 9.17) is 4.74 Å². The number of nitrogens with one attached hydrogen (secondary N) is 3. The van der Waals surface area contributed by atoms with Gasteiger partial charge >= 0.3 is 6.03 Å². The van der Waals surface area contributed by atoms with E-state index in [-0.39, 0.29) is 18.0 Å². The summed E-state index contributed by atoms with van der Waals surface area (Å²) in [6.07, 6.45) is 1.59. The highest BCUT2D eigenvalue weighted by atomic mass is 19.1. The number of carbonyl (C=O) groups excluding carboxylic acids is 1. The third-order valence-electron chi connectivity index (χ3n) is 3.72. The zero-order valence-electron chi connectivity index (χ0n) is 14.7. The molecule has 3 N–H and O–H groups in total. The van der Waals surface area contributed by atoms with E-state index in [1.807, 2.05) is 20.8 Å². The number of urea groups is 1. The standard InChI is InChI=1S/C18H20FN5O2/c1-10(2)26-17-14-9-20-16(8-15(14)23-24-17)22-18(25)21-11(3)12-4-6-13(19)7-5-12/h4-11H,1-3H3,(H,23,24)(H2,20,21,22,25)/t11-/m1/s1. The summed E-state index contributed by atoms with van der Waals surface area (Å²) in [5, 5.41) is 13.2. The molecule has 3 aromatic rings. The molecule has 0 aliphatic heterocycles. The number of nitrogens with zero attached hydrogens (tertiary/aromatic N) is 2.